The first-order valence-corrected chi connectivity index (χ1v) is 4.44. The Morgan fingerprint density at radius 1 is 1.64 bits per heavy atom. The van der Waals surface area contributed by atoms with Gasteiger partial charge < -0.3 is 10.1 Å². The van der Waals surface area contributed by atoms with Gasteiger partial charge in [-0.25, -0.2) is 0 Å². The zero-order valence-electron chi connectivity index (χ0n) is 8.14. The number of rotatable bonds is 6. The van der Waals surface area contributed by atoms with E-state index in [2.05, 4.69) is 20.4 Å². The van der Waals surface area contributed by atoms with E-state index in [1.807, 2.05) is 0 Å². The Bertz CT molecular complexity index is 260. The fourth-order valence-electron chi connectivity index (χ4n) is 0.981. The van der Waals surface area contributed by atoms with Gasteiger partial charge in [0.1, 0.15) is 0 Å². The molecule has 1 aromatic heterocycles. The summed E-state index contributed by atoms with van der Waals surface area (Å²) in [5, 5.41) is 10.5. The highest BCUT2D eigenvalue weighted by Gasteiger charge is 1.97. The lowest BCUT2D eigenvalue weighted by molar-refractivity contribution is -0.139. The van der Waals surface area contributed by atoms with Crippen molar-refractivity contribution in [1.82, 2.24) is 20.3 Å². The molecule has 0 amide bonds. The Morgan fingerprint density at radius 2 is 2.50 bits per heavy atom. The molecular weight excluding hydrogens is 184 g/mol. The molecule has 0 spiro atoms. The zero-order valence-corrected chi connectivity index (χ0v) is 8.14. The summed E-state index contributed by atoms with van der Waals surface area (Å²) in [5.41, 5.74) is 0. The van der Waals surface area contributed by atoms with Gasteiger partial charge in [0.2, 0.25) is 0 Å². The summed E-state index contributed by atoms with van der Waals surface area (Å²) in [5.74, 6) is -0.245. The predicted molar refractivity (Wildman–Crippen MR) is 49.5 cm³/mol. The van der Waals surface area contributed by atoms with Gasteiger partial charge in [0.05, 0.1) is 19.9 Å². The van der Waals surface area contributed by atoms with Gasteiger partial charge in [-0.05, 0) is 13.0 Å². The third-order valence-electron chi connectivity index (χ3n) is 1.71. The maximum atomic E-state index is 10.7. The number of methoxy groups -OCH3 is 1. The molecule has 1 heterocycles. The zero-order chi connectivity index (χ0) is 10.2. The average Bonchev–Trinajstić information content (AvgIpc) is 2.69. The second-order valence-electron chi connectivity index (χ2n) is 2.77. The van der Waals surface area contributed by atoms with Crippen molar-refractivity contribution in [3.8, 4) is 0 Å². The summed E-state index contributed by atoms with van der Waals surface area (Å²) < 4.78 is 6.22. The van der Waals surface area contributed by atoms with E-state index >= 15 is 0 Å². The van der Waals surface area contributed by atoms with Crippen molar-refractivity contribution in [3.63, 3.8) is 0 Å². The molecule has 0 bridgehead atoms. The highest BCUT2D eigenvalue weighted by molar-refractivity contribution is 5.71. The number of esters is 1. The standard InChI is InChI=1S/C8H14N4O2/c1-14-8(13)7-9-3-2-5-12-6-4-10-11-12/h4,6,9H,2-3,5,7H2,1H3. The Balaban J connectivity index is 1.97. The van der Waals surface area contributed by atoms with E-state index in [9.17, 15) is 4.79 Å². The van der Waals surface area contributed by atoms with Gasteiger partial charge in [-0.2, -0.15) is 0 Å². The summed E-state index contributed by atoms with van der Waals surface area (Å²) in [6.07, 6.45) is 4.35. The fourth-order valence-corrected chi connectivity index (χ4v) is 0.981. The first kappa shape index (κ1) is 10.6. The van der Waals surface area contributed by atoms with Crippen LogP contribution in [0.4, 0.5) is 0 Å². The second kappa shape index (κ2) is 6.09. The van der Waals surface area contributed by atoms with E-state index in [1.54, 1.807) is 17.1 Å². The molecule has 0 unspecified atom stereocenters. The number of nitrogens with zero attached hydrogens (tertiary/aromatic N) is 3. The summed E-state index contributed by atoms with van der Waals surface area (Å²) in [4.78, 5) is 10.7. The minimum absolute atomic E-state index is 0.245. The third-order valence-corrected chi connectivity index (χ3v) is 1.71. The van der Waals surface area contributed by atoms with E-state index in [-0.39, 0.29) is 12.5 Å². The Morgan fingerprint density at radius 3 is 3.14 bits per heavy atom. The maximum Gasteiger partial charge on any atom is 0.319 e. The summed E-state index contributed by atoms with van der Waals surface area (Å²) in [7, 11) is 1.37. The Labute approximate surface area is 82.2 Å². The van der Waals surface area contributed by atoms with Crippen LogP contribution in [0.3, 0.4) is 0 Å². The molecule has 1 rings (SSSR count). The molecule has 0 aromatic carbocycles. The van der Waals surface area contributed by atoms with Crippen molar-refractivity contribution in [3.05, 3.63) is 12.4 Å². The molecule has 0 aliphatic heterocycles. The summed E-state index contributed by atoms with van der Waals surface area (Å²) in [6, 6.07) is 0. The molecule has 0 fully saturated rings. The van der Waals surface area contributed by atoms with Crippen LogP contribution in [-0.4, -0.2) is 41.2 Å². The van der Waals surface area contributed by atoms with E-state index in [1.165, 1.54) is 7.11 Å². The van der Waals surface area contributed by atoms with Gasteiger partial charge >= 0.3 is 5.97 Å². The minimum Gasteiger partial charge on any atom is -0.468 e. The SMILES string of the molecule is COC(=O)CNCCCn1ccnn1. The predicted octanol–water partition coefficient (Wildman–Crippen LogP) is -0.569. The number of hydrogen-bond acceptors (Lipinski definition) is 5. The topological polar surface area (TPSA) is 69.0 Å². The Hall–Kier alpha value is -1.43. The number of carbonyl (C=O) groups excluding carboxylic acids is 1. The second-order valence-corrected chi connectivity index (χ2v) is 2.77. The summed E-state index contributed by atoms with van der Waals surface area (Å²) in [6.45, 7) is 1.82. The molecule has 0 aliphatic carbocycles. The van der Waals surface area contributed by atoms with Crippen molar-refractivity contribution in [2.24, 2.45) is 0 Å². The number of hydrogen-bond donors (Lipinski definition) is 1. The molecule has 6 heteroatoms. The van der Waals surface area contributed by atoms with Crippen LogP contribution in [-0.2, 0) is 16.1 Å². The first-order chi connectivity index (χ1) is 6.83. The number of nitrogens with one attached hydrogen (secondary N) is 1. The average molecular weight is 198 g/mol. The van der Waals surface area contributed by atoms with Gasteiger partial charge in [0.15, 0.2) is 0 Å². The normalized spacial score (nSPS) is 10.1. The van der Waals surface area contributed by atoms with Gasteiger partial charge in [-0.3, -0.25) is 9.48 Å². The molecule has 0 saturated carbocycles. The van der Waals surface area contributed by atoms with Crippen molar-refractivity contribution in [2.75, 3.05) is 20.2 Å². The summed E-state index contributed by atoms with van der Waals surface area (Å²) >= 11 is 0. The largest absolute Gasteiger partial charge is 0.468 e. The molecular formula is C8H14N4O2. The van der Waals surface area contributed by atoms with Gasteiger partial charge in [-0.15, -0.1) is 5.10 Å². The highest BCUT2D eigenvalue weighted by atomic mass is 16.5. The van der Waals surface area contributed by atoms with Crippen LogP contribution in [0.25, 0.3) is 0 Å². The van der Waals surface area contributed by atoms with E-state index in [0.717, 1.165) is 19.5 Å². The van der Waals surface area contributed by atoms with Crippen LogP contribution in [0.5, 0.6) is 0 Å². The molecule has 6 nitrogen and oxygen atoms in total. The smallest absolute Gasteiger partial charge is 0.319 e. The highest BCUT2D eigenvalue weighted by Crippen LogP contribution is 1.85. The lowest BCUT2D eigenvalue weighted by Gasteiger charge is -2.02. The van der Waals surface area contributed by atoms with Crippen molar-refractivity contribution in [1.29, 1.82) is 0 Å². The van der Waals surface area contributed by atoms with Gasteiger partial charge in [0, 0.05) is 12.7 Å². The molecule has 0 atom stereocenters. The first-order valence-electron chi connectivity index (χ1n) is 4.44. The van der Waals surface area contributed by atoms with Crippen LogP contribution in [0, 0.1) is 0 Å². The van der Waals surface area contributed by atoms with Gasteiger partial charge in [-0.1, -0.05) is 5.21 Å². The minimum atomic E-state index is -0.245. The molecule has 0 aliphatic rings. The molecule has 0 saturated heterocycles. The van der Waals surface area contributed by atoms with Crippen LogP contribution in [0.1, 0.15) is 6.42 Å². The molecule has 0 radical (unpaired) electrons. The molecule has 1 aromatic rings. The molecule has 1 N–H and O–H groups in total. The molecule has 14 heavy (non-hydrogen) atoms. The number of aryl methyl sites for hydroxylation is 1. The fraction of sp³-hybridized carbons (Fsp3) is 0.625. The number of carbonyl (C=O) groups is 1. The van der Waals surface area contributed by atoms with Crippen LogP contribution in [0.15, 0.2) is 12.4 Å². The molecule has 78 valence electrons. The van der Waals surface area contributed by atoms with Crippen LogP contribution < -0.4 is 5.32 Å². The van der Waals surface area contributed by atoms with E-state index < -0.39 is 0 Å². The third kappa shape index (κ3) is 3.99. The van der Waals surface area contributed by atoms with Crippen molar-refractivity contribution in [2.45, 2.75) is 13.0 Å². The van der Waals surface area contributed by atoms with Crippen molar-refractivity contribution < 1.29 is 9.53 Å². The van der Waals surface area contributed by atoms with Gasteiger partial charge in [0.25, 0.3) is 0 Å². The number of aromatic nitrogens is 3. The lowest BCUT2D eigenvalue weighted by atomic mass is 10.4. The maximum absolute atomic E-state index is 10.7. The van der Waals surface area contributed by atoms with Crippen LogP contribution in [0.2, 0.25) is 0 Å². The van der Waals surface area contributed by atoms with Crippen LogP contribution >= 0.6 is 0 Å². The Kier molecular flexibility index (Phi) is 4.63. The quantitative estimate of drug-likeness (QED) is 0.489. The van der Waals surface area contributed by atoms with Crippen molar-refractivity contribution >= 4 is 5.97 Å². The monoisotopic (exact) mass is 198 g/mol. The van der Waals surface area contributed by atoms with E-state index in [0.29, 0.717) is 0 Å². The number of ether oxygens (including phenoxy) is 1. The van der Waals surface area contributed by atoms with E-state index in [4.69, 9.17) is 0 Å². The lowest BCUT2D eigenvalue weighted by Crippen LogP contribution is -2.25.